The number of halogens is 2. The SMILES string of the molecule is NS(=O)(=O)c1ccc(NC(=O)c2cn(Cc3ccc(F)cc3)nc2OCc2ccc(F)cc2)cc1. The van der Waals surface area contributed by atoms with Gasteiger partial charge >= 0.3 is 0 Å². The third kappa shape index (κ3) is 6.28. The Morgan fingerprint density at radius 3 is 2.06 bits per heavy atom. The first-order valence-corrected chi connectivity index (χ1v) is 11.9. The number of amides is 1. The molecule has 0 fully saturated rings. The summed E-state index contributed by atoms with van der Waals surface area (Å²) in [5.74, 6) is -1.26. The first-order chi connectivity index (χ1) is 16.7. The molecule has 8 nitrogen and oxygen atoms in total. The zero-order valence-corrected chi connectivity index (χ0v) is 19.0. The van der Waals surface area contributed by atoms with E-state index in [4.69, 9.17) is 9.88 Å². The van der Waals surface area contributed by atoms with E-state index in [0.717, 1.165) is 5.56 Å². The highest BCUT2D eigenvalue weighted by molar-refractivity contribution is 7.89. The molecule has 0 aliphatic heterocycles. The van der Waals surface area contributed by atoms with Crippen LogP contribution in [0.3, 0.4) is 0 Å². The zero-order chi connectivity index (χ0) is 25.0. The third-order valence-electron chi connectivity index (χ3n) is 4.96. The second kappa shape index (κ2) is 10.0. The Labute approximate surface area is 200 Å². The van der Waals surface area contributed by atoms with Gasteiger partial charge in [0.1, 0.15) is 23.8 Å². The fraction of sp³-hybridized carbons (Fsp3) is 0.0833. The monoisotopic (exact) mass is 498 g/mol. The van der Waals surface area contributed by atoms with Gasteiger partial charge in [0.15, 0.2) is 0 Å². The van der Waals surface area contributed by atoms with Crippen molar-refractivity contribution in [2.45, 2.75) is 18.0 Å². The van der Waals surface area contributed by atoms with Gasteiger partial charge < -0.3 is 10.1 Å². The molecule has 3 aromatic carbocycles. The number of benzene rings is 3. The second-order valence-electron chi connectivity index (χ2n) is 7.61. The molecule has 0 unspecified atom stereocenters. The predicted octanol–water partition coefficient (Wildman–Crippen LogP) is 3.69. The minimum atomic E-state index is -3.87. The molecular formula is C24H20F2N4O4S. The molecule has 1 heterocycles. The molecule has 35 heavy (non-hydrogen) atoms. The molecule has 1 amide bonds. The molecule has 0 bridgehead atoms. The van der Waals surface area contributed by atoms with Crippen LogP contribution in [0.1, 0.15) is 21.5 Å². The number of carbonyl (C=O) groups is 1. The van der Waals surface area contributed by atoms with Gasteiger partial charge in [0.2, 0.25) is 15.9 Å². The van der Waals surface area contributed by atoms with Gasteiger partial charge in [-0.25, -0.2) is 22.3 Å². The lowest BCUT2D eigenvalue weighted by Crippen LogP contribution is -2.14. The largest absolute Gasteiger partial charge is 0.471 e. The molecule has 0 aliphatic carbocycles. The highest BCUT2D eigenvalue weighted by Gasteiger charge is 2.19. The van der Waals surface area contributed by atoms with Crippen molar-refractivity contribution < 1.29 is 26.7 Å². The first kappa shape index (κ1) is 24.0. The maximum absolute atomic E-state index is 13.2. The molecule has 0 atom stereocenters. The predicted molar refractivity (Wildman–Crippen MR) is 124 cm³/mol. The van der Waals surface area contributed by atoms with Crippen molar-refractivity contribution in [3.8, 4) is 5.88 Å². The summed E-state index contributed by atoms with van der Waals surface area (Å²) in [4.78, 5) is 12.9. The Morgan fingerprint density at radius 2 is 1.49 bits per heavy atom. The van der Waals surface area contributed by atoms with Crippen molar-refractivity contribution >= 4 is 21.6 Å². The van der Waals surface area contributed by atoms with E-state index >= 15 is 0 Å². The van der Waals surface area contributed by atoms with Crippen molar-refractivity contribution in [1.29, 1.82) is 0 Å². The fourth-order valence-electron chi connectivity index (χ4n) is 3.18. The fourth-order valence-corrected chi connectivity index (χ4v) is 3.70. The van der Waals surface area contributed by atoms with Gasteiger partial charge in [-0.2, -0.15) is 0 Å². The summed E-state index contributed by atoms with van der Waals surface area (Å²) in [5, 5.41) is 12.1. The number of rotatable bonds is 8. The van der Waals surface area contributed by atoms with Crippen LogP contribution in [0.15, 0.2) is 83.9 Å². The van der Waals surface area contributed by atoms with Crippen molar-refractivity contribution in [1.82, 2.24) is 9.78 Å². The van der Waals surface area contributed by atoms with Gasteiger partial charge in [-0.1, -0.05) is 24.3 Å². The first-order valence-electron chi connectivity index (χ1n) is 10.3. The smallest absolute Gasteiger partial charge is 0.262 e. The normalized spacial score (nSPS) is 11.3. The summed E-state index contributed by atoms with van der Waals surface area (Å²) in [5.41, 5.74) is 1.87. The minimum Gasteiger partial charge on any atom is -0.471 e. The Kier molecular flexibility index (Phi) is 6.90. The molecule has 3 N–H and O–H groups in total. The van der Waals surface area contributed by atoms with E-state index in [1.165, 1.54) is 59.4 Å². The number of nitrogens with zero attached hydrogens (tertiary/aromatic N) is 2. The summed E-state index contributed by atoms with van der Waals surface area (Å²) in [6, 6.07) is 16.9. The van der Waals surface area contributed by atoms with E-state index in [1.54, 1.807) is 24.3 Å². The number of hydrogen-bond acceptors (Lipinski definition) is 5. The number of nitrogens with two attached hydrogens (primary N) is 1. The maximum Gasteiger partial charge on any atom is 0.262 e. The van der Waals surface area contributed by atoms with Crippen LogP contribution in [-0.4, -0.2) is 24.1 Å². The molecule has 4 rings (SSSR count). The Balaban J connectivity index is 1.56. The summed E-state index contributed by atoms with van der Waals surface area (Å²) in [6.45, 7) is 0.292. The summed E-state index contributed by atoms with van der Waals surface area (Å²) >= 11 is 0. The van der Waals surface area contributed by atoms with Crippen LogP contribution < -0.4 is 15.2 Å². The number of hydrogen-bond donors (Lipinski definition) is 2. The van der Waals surface area contributed by atoms with E-state index in [0.29, 0.717) is 11.3 Å². The highest BCUT2D eigenvalue weighted by Crippen LogP contribution is 2.21. The lowest BCUT2D eigenvalue weighted by molar-refractivity contribution is 0.102. The molecule has 4 aromatic rings. The van der Waals surface area contributed by atoms with Crippen molar-refractivity contribution in [2.24, 2.45) is 5.14 Å². The van der Waals surface area contributed by atoms with Crippen LogP contribution in [-0.2, 0) is 23.2 Å². The van der Waals surface area contributed by atoms with Gasteiger partial charge in [0, 0.05) is 11.9 Å². The van der Waals surface area contributed by atoms with E-state index in [2.05, 4.69) is 10.4 Å². The average Bonchev–Trinajstić information content (AvgIpc) is 3.23. The van der Waals surface area contributed by atoms with Crippen LogP contribution in [0, 0.1) is 11.6 Å². The number of carbonyl (C=O) groups excluding carboxylic acids is 1. The van der Waals surface area contributed by atoms with Gasteiger partial charge in [0.25, 0.3) is 5.91 Å². The maximum atomic E-state index is 13.2. The Bertz CT molecular complexity index is 1440. The van der Waals surface area contributed by atoms with Crippen LogP contribution in [0.25, 0.3) is 0 Å². The Hall–Kier alpha value is -4.09. The lowest BCUT2D eigenvalue weighted by Gasteiger charge is -2.07. The molecule has 0 saturated heterocycles. The zero-order valence-electron chi connectivity index (χ0n) is 18.2. The molecule has 180 valence electrons. The van der Waals surface area contributed by atoms with Crippen LogP contribution in [0.5, 0.6) is 5.88 Å². The Morgan fingerprint density at radius 1 is 0.914 bits per heavy atom. The number of anilines is 1. The summed E-state index contributed by atoms with van der Waals surface area (Å²) in [7, 11) is -3.87. The lowest BCUT2D eigenvalue weighted by atomic mass is 10.2. The second-order valence-corrected chi connectivity index (χ2v) is 9.17. The molecule has 0 radical (unpaired) electrons. The van der Waals surface area contributed by atoms with Gasteiger partial charge in [-0.15, -0.1) is 5.10 Å². The van der Waals surface area contributed by atoms with E-state index in [9.17, 15) is 22.0 Å². The number of aromatic nitrogens is 2. The summed E-state index contributed by atoms with van der Waals surface area (Å²) in [6.07, 6.45) is 1.48. The topological polar surface area (TPSA) is 116 Å². The van der Waals surface area contributed by atoms with Crippen molar-refractivity contribution in [3.05, 3.63) is 107 Å². The number of nitrogens with one attached hydrogen (secondary N) is 1. The third-order valence-corrected chi connectivity index (χ3v) is 5.89. The minimum absolute atomic E-state index is 0.0371. The molecule has 0 spiro atoms. The van der Waals surface area contributed by atoms with Crippen molar-refractivity contribution in [3.63, 3.8) is 0 Å². The number of ether oxygens (including phenoxy) is 1. The van der Waals surface area contributed by atoms with Gasteiger partial charge in [-0.05, 0) is 59.7 Å². The standard InChI is InChI=1S/C24H20F2N4O4S/c25-18-5-1-16(2-6-18)13-30-14-22(24(29-30)34-15-17-3-7-19(26)8-4-17)23(31)28-20-9-11-21(12-10-20)35(27,32)33/h1-12,14H,13,15H2,(H,28,31)(H2,27,32,33). The van der Waals surface area contributed by atoms with E-state index in [-0.39, 0.29) is 41.1 Å². The van der Waals surface area contributed by atoms with Gasteiger partial charge in [0.05, 0.1) is 11.4 Å². The average molecular weight is 499 g/mol. The highest BCUT2D eigenvalue weighted by atomic mass is 32.2. The number of sulfonamides is 1. The quantitative estimate of drug-likeness (QED) is 0.384. The molecular weight excluding hydrogens is 478 g/mol. The van der Waals surface area contributed by atoms with E-state index in [1.807, 2.05) is 0 Å². The van der Waals surface area contributed by atoms with Gasteiger partial charge in [-0.3, -0.25) is 9.48 Å². The molecule has 0 aliphatic rings. The number of primary sulfonamides is 1. The van der Waals surface area contributed by atoms with Crippen LogP contribution in [0.2, 0.25) is 0 Å². The van der Waals surface area contributed by atoms with Crippen LogP contribution >= 0.6 is 0 Å². The van der Waals surface area contributed by atoms with E-state index < -0.39 is 15.9 Å². The molecule has 0 saturated carbocycles. The molecule has 11 heteroatoms. The molecule has 1 aromatic heterocycles. The van der Waals surface area contributed by atoms with Crippen molar-refractivity contribution in [2.75, 3.05) is 5.32 Å². The van der Waals surface area contributed by atoms with Crippen LogP contribution in [0.4, 0.5) is 14.5 Å². The summed E-state index contributed by atoms with van der Waals surface area (Å²) < 4.78 is 56.5.